The summed E-state index contributed by atoms with van der Waals surface area (Å²) in [6.07, 6.45) is 0. The van der Waals surface area contributed by atoms with Crippen molar-refractivity contribution in [2.24, 2.45) is 5.92 Å². The van der Waals surface area contributed by atoms with Crippen LogP contribution in [0.3, 0.4) is 0 Å². The van der Waals surface area contributed by atoms with Crippen LogP contribution in [0, 0.1) is 12.8 Å². The Bertz CT molecular complexity index is 538. The molecule has 106 valence electrons. The van der Waals surface area contributed by atoms with Crippen LogP contribution in [0.15, 0.2) is 36.4 Å². The minimum atomic E-state index is 0.520. The monoisotopic (exact) mass is 271 g/mol. The smallest absolute Gasteiger partial charge is 0.238 e. The largest absolute Gasteiger partial charge is 0.437 e. The number of hydrogen-bond donors (Lipinski definition) is 1. The van der Waals surface area contributed by atoms with Gasteiger partial charge in [-0.1, -0.05) is 32.0 Å². The van der Waals surface area contributed by atoms with Gasteiger partial charge in [0, 0.05) is 12.6 Å². The Balaban J connectivity index is 1.93. The molecule has 0 unspecified atom stereocenters. The van der Waals surface area contributed by atoms with E-state index in [1.807, 2.05) is 43.3 Å². The van der Waals surface area contributed by atoms with Gasteiger partial charge in [0.15, 0.2) is 0 Å². The third-order valence-electron chi connectivity index (χ3n) is 2.86. The van der Waals surface area contributed by atoms with Crippen molar-refractivity contribution in [3.05, 3.63) is 47.7 Å². The molecule has 0 spiro atoms. The van der Waals surface area contributed by atoms with Gasteiger partial charge in [0.25, 0.3) is 0 Å². The van der Waals surface area contributed by atoms with E-state index in [1.54, 1.807) is 0 Å². The summed E-state index contributed by atoms with van der Waals surface area (Å²) < 4.78 is 5.71. The lowest BCUT2D eigenvalue weighted by atomic mass is 10.2. The lowest BCUT2D eigenvalue weighted by molar-refractivity contribution is 0.449. The standard InChI is InChI=1S/C16H21N3O/c1-12(2)10-17-11-14-8-9-16(19-18-14)20-15-7-5-4-6-13(15)3/h4-9,12,17H,10-11H2,1-3H3. The molecule has 0 saturated carbocycles. The Morgan fingerprint density at radius 2 is 1.90 bits per heavy atom. The van der Waals surface area contributed by atoms with Crippen molar-refractivity contribution >= 4 is 0 Å². The SMILES string of the molecule is Cc1ccccc1Oc1ccc(CNCC(C)C)nn1. The fraction of sp³-hybridized carbons (Fsp3) is 0.375. The molecule has 4 nitrogen and oxygen atoms in total. The normalized spacial score (nSPS) is 10.8. The van der Waals surface area contributed by atoms with Gasteiger partial charge in [-0.2, -0.15) is 5.10 Å². The Morgan fingerprint density at radius 3 is 2.55 bits per heavy atom. The zero-order chi connectivity index (χ0) is 14.4. The van der Waals surface area contributed by atoms with Gasteiger partial charge >= 0.3 is 0 Å². The average molecular weight is 271 g/mol. The highest BCUT2D eigenvalue weighted by atomic mass is 16.5. The maximum Gasteiger partial charge on any atom is 0.238 e. The number of aryl methyl sites for hydroxylation is 1. The molecular weight excluding hydrogens is 250 g/mol. The topological polar surface area (TPSA) is 47.0 Å². The molecule has 0 bridgehead atoms. The molecule has 2 rings (SSSR count). The summed E-state index contributed by atoms with van der Waals surface area (Å²) in [7, 11) is 0. The molecule has 0 aliphatic heterocycles. The van der Waals surface area contributed by atoms with E-state index in [-0.39, 0.29) is 0 Å². The summed E-state index contributed by atoms with van der Waals surface area (Å²) in [5.41, 5.74) is 2.00. The first-order chi connectivity index (χ1) is 9.65. The second-order valence-corrected chi connectivity index (χ2v) is 5.26. The Hall–Kier alpha value is -1.94. The maximum atomic E-state index is 5.71. The molecule has 1 N–H and O–H groups in total. The molecule has 20 heavy (non-hydrogen) atoms. The first-order valence-corrected chi connectivity index (χ1v) is 6.92. The first-order valence-electron chi connectivity index (χ1n) is 6.92. The highest BCUT2D eigenvalue weighted by Crippen LogP contribution is 2.22. The van der Waals surface area contributed by atoms with E-state index in [2.05, 4.69) is 29.4 Å². The van der Waals surface area contributed by atoms with Crippen LogP contribution in [0.25, 0.3) is 0 Å². The lowest BCUT2D eigenvalue weighted by Gasteiger charge is -2.08. The molecular formula is C16H21N3O. The fourth-order valence-corrected chi connectivity index (χ4v) is 1.77. The molecule has 0 radical (unpaired) electrons. The summed E-state index contributed by atoms with van der Waals surface area (Å²) in [5, 5.41) is 11.6. The van der Waals surface area contributed by atoms with Crippen LogP contribution in [0.4, 0.5) is 0 Å². The van der Waals surface area contributed by atoms with Crippen molar-refractivity contribution in [3.63, 3.8) is 0 Å². The van der Waals surface area contributed by atoms with Crippen LogP contribution < -0.4 is 10.1 Å². The number of aromatic nitrogens is 2. The number of ether oxygens (including phenoxy) is 1. The molecule has 4 heteroatoms. The highest BCUT2D eigenvalue weighted by molar-refractivity contribution is 5.34. The zero-order valence-electron chi connectivity index (χ0n) is 12.3. The van der Waals surface area contributed by atoms with Crippen molar-refractivity contribution in [3.8, 4) is 11.6 Å². The van der Waals surface area contributed by atoms with E-state index in [0.29, 0.717) is 11.8 Å². The Kier molecular flexibility index (Phi) is 5.07. The lowest BCUT2D eigenvalue weighted by Crippen LogP contribution is -2.19. The molecule has 1 heterocycles. The number of nitrogens with one attached hydrogen (secondary N) is 1. The van der Waals surface area contributed by atoms with Gasteiger partial charge in [-0.25, -0.2) is 0 Å². The molecule has 2 aromatic rings. The van der Waals surface area contributed by atoms with Crippen molar-refractivity contribution in [2.75, 3.05) is 6.54 Å². The van der Waals surface area contributed by atoms with Gasteiger partial charge in [-0.05, 0) is 37.1 Å². The molecule has 1 aromatic carbocycles. The van der Waals surface area contributed by atoms with Crippen molar-refractivity contribution in [2.45, 2.75) is 27.3 Å². The zero-order valence-corrected chi connectivity index (χ0v) is 12.3. The van der Waals surface area contributed by atoms with E-state index >= 15 is 0 Å². The molecule has 1 aromatic heterocycles. The van der Waals surface area contributed by atoms with Crippen LogP contribution in [0.1, 0.15) is 25.1 Å². The molecule has 0 amide bonds. The van der Waals surface area contributed by atoms with Gasteiger partial charge < -0.3 is 10.1 Å². The Morgan fingerprint density at radius 1 is 1.10 bits per heavy atom. The van der Waals surface area contributed by atoms with Crippen LogP contribution in [-0.4, -0.2) is 16.7 Å². The molecule has 0 aliphatic rings. The van der Waals surface area contributed by atoms with Crippen molar-refractivity contribution < 1.29 is 4.74 Å². The highest BCUT2D eigenvalue weighted by Gasteiger charge is 2.03. The van der Waals surface area contributed by atoms with E-state index in [4.69, 9.17) is 4.74 Å². The number of benzene rings is 1. The van der Waals surface area contributed by atoms with Crippen LogP contribution in [-0.2, 0) is 6.54 Å². The van der Waals surface area contributed by atoms with E-state index in [1.165, 1.54) is 0 Å². The van der Waals surface area contributed by atoms with Gasteiger partial charge in [-0.15, -0.1) is 5.10 Å². The van der Waals surface area contributed by atoms with E-state index in [9.17, 15) is 0 Å². The summed E-state index contributed by atoms with van der Waals surface area (Å²) in [5.74, 6) is 1.96. The number of hydrogen-bond acceptors (Lipinski definition) is 4. The number of para-hydroxylation sites is 1. The maximum absolute atomic E-state index is 5.71. The number of nitrogens with zero attached hydrogens (tertiary/aromatic N) is 2. The summed E-state index contributed by atoms with van der Waals surface area (Å²) >= 11 is 0. The molecule has 0 atom stereocenters. The minimum Gasteiger partial charge on any atom is -0.437 e. The van der Waals surface area contributed by atoms with Crippen LogP contribution >= 0.6 is 0 Å². The summed E-state index contributed by atoms with van der Waals surface area (Å²) in [4.78, 5) is 0. The van der Waals surface area contributed by atoms with Crippen molar-refractivity contribution in [1.82, 2.24) is 15.5 Å². The van der Waals surface area contributed by atoms with E-state index in [0.717, 1.165) is 30.1 Å². The fourth-order valence-electron chi connectivity index (χ4n) is 1.77. The second kappa shape index (κ2) is 7.01. The van der Waals surface area contributed by atoms with Crippen LogP contribution in [0.5, 0.6) is 11.6 Å². The molecule has 0 fully saturated rings. The van der Waals surface area contributed by atoms with Gasteiger partial charge in [0.2, 0.25) is 5.88 Å². The van der Waals surface area contributed by atoms with Gasteiger partial charge in [0.05, 0.1) is 5.69 Å². The quantitative estimate of drug-likeness (QED) is 0.875. The second-order valence-electron chi connectivity index (χ2n) is 5.26. The van der Waals surface area contributed by atoms with Crippen LogP contribution in [0.2, 0.25) is 0 Å². The summed E-state index contributed by atoms with van der Waals surface area (Å²) in [6, 6.07) is 11.7. The molecule has 0 aliphatic carbocycles. The first kappa shape index (κ1) is 14.5. The Labute approximate surface area is 120 Å². The molecule has 0 saturated heterocycles. The minimum absolute atomic E-state index is 0.520. The third kappa shape index (κ3) is 4.31. The summed E-state index contributed by atoms with van der Waals surface area (Å²) in [6.45, 7) is 8.07. The third-order valence-corrected chi connectivity index (χ3v) is 2.86. The predicted octanol–water partition coefficient (Wildman–Crippen LogP) is 3.32. The van der Waals surface area contributed by atoms with Crippen molar-refractivity contribution in [1.29, 1.82) is 0 Å². The van der Waals surface area contributed by atoms with E-state index < -0.39 is 0 Å². The average Bonchev–Trinajstić information content (AvgIpc) is 2.43. The number of rotatable bonds is 6. The van der Waals surface area contributed by atoms with Gasteiger partial charge in [-0.3, -0.25) is 0 Å². The predicted molar refractivity (Wildman–Crippen MR) is 79.8 cm³/mol. The van der Waals surface area contributed by atoms with Gasteiger partial charge in [0.1, 0.15) is 5.75 Å².